The predicted molar refractivity (Wildman–Crippen MR) is 66.3 cm³/mol. The second-order valence-corrected chi connectivity index (χ2v) is 4.07. The summed E-state index contributed by atoms with van der Waals surface area (Å²) in [6.07, 6.45) is 2.07. The number of anilines is 1. The largest absolute Gasteiger partial charge is 0.366 e. The zero-order valence-corrected chi connectivity index (χ0v) is 10.1. The van der Waals surface area contributed by atoms with E-state index in [1.165, 1.54) is 9.97 Å². The molecule has 0 atom stereocenters. The van der Waals surface area contributed by atoms with Gasteiger partial charge in [0.1, 0.15) is 11.6 Å². The first-order chi connectivity index (χ1) is 8.08. The molecule has 0 aliphatic heterocycles. The van der Waals surface area contributed by atoms with E-state index >= 15 is 0 Å². The highest BCUT2D eigenvalue weighted by Gasteiger charge is 2.05. The van der Waals surface area contributed by atoms with E-state index in [1.807, 2.05) is 13.8 Å². The monoisotopic (exact) mass is 233 g/mol. The van der Waals surface area contributed by atoms with Crippen LogP contribution < -0.4 is 11.0 Å². The Bertz CT molecular complexity index is 618. The molecule has 2 N–H and O–H groups in total. The Kier molecular flexibility index (Phi) is 2.95. The third kappa shape index (κ3) is 2.35. The molecule has 0 aliphatic carbocycles. The fraction of sp³-hybridized carbons (Fsp3) is 0.364. The number of hydrogen-bond donors (Lipinski definition) is 2. The zero-order valence-electron chi connectivity index (χ0n) is 10.1. The summed E-state index contributed by atoms with van der Waals surface area (Å²) in [4.78, 5) is 15.7. The van der Waals surface area contributed by atoms with E-state index in [4.69, 9.17) is 0 Å². The van der Waals surface area contributed by atoms with Gasteiger partial charge in [-0.15, -0.1) is 0 Å². The molecule has 6 nitrogen and oxygen atoms in total. The van der Waals surface area contributed by atoms with Gasteiger partial charge in [0, 0.05) is 12.6 Å². The number of hydrogen-bond acceptors (Lipinski definition) is 4. The van der Waals surface area contributed by atoms with Crippen molar-refractivity contribution in [1.82, 2.24) is 19.6 Å². The van der Waals surface area contributed by atoms with Crippen LogP contribution in [-0.2, 0) is 0 Å². The molecule has 0 amide bonds. The number of allylic oxidation sites excluding steroid dienone is 1. The Labute approximate surface area is 98.4 Å². The predicted octanol–water partition coefficient (Wildman–Crippen LogP) is 1.10. The van der Waals surface area contributed by atoms with Crippen LogP contribution in [0.5, 0.6) is 0 Å². The van der Waals surface area contributed by atoms with E-state index in [0.29, 0.717) is 23.8 Å². The lowest BCUT2D eigenvalue weighted by Crippen LogP contribution is -2.14. The van der Waals surface area contributed by atoms with Crippen LogP contribution in [0.1, 0.15) is 19.7 Å². The standard InChI is InChI=1S/C11H15N5O/c1-7(2)4-5-12-9-6-10-14-15-11(17)16(10)8(3)13-9/h4,6,12H,5H2,1-3H3,(H,15,17). The molecule has 6 heteroatoms. The van der Waals surface area contributed by atoms with Gasteiger partial charge in [0.15, 0.2) is 5.65 Å². The van der Waals surface area contributed by atoms with Crippen molar-refractivity contribution in [1.29, 1.82) is 0 Å². The highest BCUT2D eigenvalue weighted by atomic mass is 16.1. The molecule has 2 aromatic rings. The van der Waals surface area contributed by atoms with Gasteiger partial charge >= 0.3 is 5.69 Å². The van der Waals surface area contributed by atoms with E-state index in [0.717, 1.165) is 0 Å². The van der Waals surface area contributed by atoms with Crippen molar-refractivity contribution in [2.45, 2.75) is 20.8 Å². The van der Waals surface area contributed by atoms with Gasteiger partial charge in [0.05, 0.1) is 0 Å². The molecule has 0 radical (unpaired) electrons. The van der Waals surface area contributed by atoms with Crippen molar-refractivity contribution in [2.24, 2.45) is 0 Å². The van der Waals surface area contributed by atoms with Gasteiger partial charge < -0.3 is 5.32 Å². The Morgan fingerprint density at radius 2 is 2.35 bits per heavy atom. The summed E-state index contributed by atoms with van der Waals surface area (Å²) < 4.78 is 1.44. The van der Waals surface area contributed by atoms with Crippen molar-refractivity contribution in [3.63, 3.8) is 0 Å². The van der Waals surface area contributed by atoms with E-state index in [1.54, 1.807) is 13.0 Å². The van der Waals surface area contributed by atoms with Crippen LogP contribution in [0, 0.1) is 6.92 Å². The number of fused-ring (bicyclic) bond motifs is 1. The Balaban J connectivity index is 2.31. The first kappa shape index (κ1) is 11.4. The van der Waals surface area contributed by atoms with Crippen molar-refractivity contribution in [3.8, 4) is 0 Å². The lowest BCUT2D eigenvalue weighted by molar-refractivity contribution is 0.935. The normalized spacial score (nSPS) is 10.5. The number of rotatable bonds is 3. The van der Waals surface area contributed by atoms with Gasteiger partial charge in [0.2, 0.25) is 0 Å². The molecule has 2 rings (SSSR count). The fourth-order valence-electron chi connectivity index (χ4n) is 1.55. The summed E-state index contributed by atoms with van der Waals surface area (Å²) in [5.41, 5.74) is 1.55. The van der Waals surface area contributed by atoms with Crippen LogP contribution in [0.15, 0.2) is 22.5 Å². The lowest BCUT2D eigenvalue weighted by atomic mass is 10.3. The van der Waals surface area contributed by atoms with E-state index in [-0.39, 0.29) is 5.69 Å². The summed E-state index contributed by atoms with van der Waals surface area (Å²) in [6.45, 7) is 6.56. The number of H-pyrrole nitrogens is 1. The second kappa shape index (κ2) is 4.40. The molecular formula is C11H15N5O. The maximum Gasteiger partial charge on any atom is 0.349 e. The van der Waals surface area contributed by atoms with Gasteiger partial charge in [-0.05, 0) is 20.8 Å². The number of nitrogens with one attached hydrogen (secondary N) is 2. The molecule has 0 fully saturated rings. The smallest absolute Gasteiger partial charge is 0.349 e. The third-order valence-corrected chi connectivity index (χ3v) is 2.36. The minimum absolute atomic E-state index is 0.263. The Morgan fingerprint density at radius 3 is 3.06 bits per heavy atom. The minimum atomic E-state index is -0.263. The molecule has 0 unspecified atom stereocenters. The molecular weight excluding hydrogens is 218 g/mol. The maximum atomic E-state index is 11.4. The summed E-state index contributed by atoms with van der Waals surface area (Å²) in [7, 11) is 0. The number of aromatic nitrogens is 4. The van der Waals surface area contributed by atoms with Crippen LogP contribution in [-0.4, -0.2) is 26.1 Å². The second-order valence-electron chi connectivity index (χ2n) is 4.07. The first-order valence-electron chi connectivity index (χ1n) is 5.40. The quantitative estimate of drug-likeness (QED) is 0.778. The molecule has 0 saturated carbocycles. The van der Waals surface area contributed by atoms with E-state index in [2.05, 4.69) is 26.6 Å². The van der Waals surface area contributed by atoms with Crippen molar-refractivity contribution < 1.29 is 0 Å². The van der Waals surface area contributed by atoms with Gasteiger partial charge in [-0.2, -0.15) is 5.10 Å². The lowest BCUT2D eigenvalue weighted by Gasteiger charge is -2.04. The molecule has 0 aliphatic rings. The molecule has 0 saturated heterocycles. The summed E-state index contributed by atoms with van der Waals surface area (Å²) >= 11 is 0. The molecule has 0 bridgehead atoms. The zero-order chi connectivity index (χ0) is 12.4. The Hall–Kier alpha value is -2.11. The molecule has 17 heavy (non-hydrogen) atoms. The van der Waals surface area contributed by atoms with E-state index in [9.17, 15) is 4.79 Å². The van der Waals surface area contributed by atoms with Crippen molar-refractivity contribution >= 4 is 11.5 Å². The van der Waals surface area contributed by atoms with Crippen molar-refractivity contribution in [2.75, 3.05) is 11.9 Å². The number of aryl methyl sites for hydroxylation is 1. The highest BCUT2D eigenvalue weighted by Crippen LogP contribution is 2.07. The summed E-state index contributed by atoms with van der Waals surface area (Å²) in [5, 5.41) is 9.47. The topological polar surface area (TPSA) is 75.1 Å². The van der Waals surface area contributed by atoms with Gasteiger partial charge in [-0.25, -0.2) is 19.3 Å². The average molecular weight is 233 g/mol. The van der Waals surface area contributed by atoms with Gasteiger partial charge in [-0.3, -0.25) is 0 Å². The van der Waals surface area contributed by atoms with Crippen LogP contribution in [0.4, 0.5) is 5.82 Å². The van der Waals surface area contributed by atoms with Crippen molar-refractivity contribution in [3.05, 3.63) is 34.0 Å². The van der Waals surface area contributed by atoms with Crippen LogP contribution in [0.3, 0.4) is 0 Å². The summed E-state index contributed by atoms with van der Waals surface area (Å²) in [6, 6.07) is 1.74. The molecule has 0 aromatic carbocycles. The van der Waals surface area contributed by atoms with Gasteiger partial charge in [-0.1, -0.05) is 11.6 Å². The molecule has 2 aromatic heterocycles. The summed E-state index contributed by atoms with van der Waals surface area (Å²) in [5.74, 6) is 1.33. The average Bonchev–Trinajstić information content (AvgIpc) is 2.60. The van der Waals surface area contributed by atoms with Crippen LogP contribution in [0.25, 0.3) is 5.65 Å². The van der Waals surface area contributed by atoms with Crippen LogP contribution >= 0.6 is 0 Å². The highest BCUT2D eigenvalue weighted by molar-refractivity contribution is 5.49. The SMILES string of the molecule is CC(C)=CCNc1cc2n[nH]c(=O)n2c(C)n1. The number of nitrogens with zero attached hydrogens (tertiary/aromatic N) is 3. The third-order valence-electron chi connectivity index (χ3n) is 2.36. The first-order valence-corrected chi connectivity index (χ1v) is 5.40. The molecule has 2 heterocycles. The number of aromatic amines is 1. The van der Waals surface area contributed by atoms with E-state index < -0.39 is 0 Å². The Morgan fingerprint density at radius 1 is 1.59 bits per heavy atom. The minimum Gasteiger partial charge on any atom is -0.366 e. The van der Waals surface area contributed by atoms with Crippen LogP contribution in [0.2, 0.25) is 0 Å². The van der Waals surface area contributed by atoms with Gasteiger partial charge in [0.25, 0.3) is 0 Å². The molecule has 0 spiro atoms. The maximum absolute atomic E-state index is 11.4. The molecule has 90 valence electrons. The fourth-order valence-corrected chi connectivity index (χ4v) is 1.55.